The lowest BCUT2D eigenvalue weighted by Crippen LogP contribution is -2.30. The van der Waals surface area contributed by atoms with Crippen molar-refractivity contribution in [1.29, 1.82) is 0 Å². The summed E-state index contributed by atoms with van der Waals surface area (Å²) in [6.45, 7) is 6.08. The first kappa shape index (κ1) is 14.9. The van der Waals surface area contributed by atoms with Crippen LogP contribution in [0.5, 0.6) is 0 Å². The Morgan fingerprint density at radius 1 is 0.958 bits per heavy atom. The number of rotatable bonds is 1. The molecule has 0 spiro atoms. The zero-order valence-corrected chi connectivity index (χ0v) is 14.3. The molecule has 4 rings (SSSR count). The molecule has 0 N–H and O–H groups in total. The van der Waals surface area contributed by atoms with Crippen molar-refractivity contribution < 1.29 is 13.4 Å². The Labute approximate surface area is 140 Å². The monoisotopic (exact) mass is 320 g/mol. The maximum Gasteiger partial charge on any atom is 0.216 e. The molecule has 0 aliphatic carbocycles. The number of halogens is 1. The summed E-state index contributed by atoms with van der Waals surface area (Å²) in [6.07, 6.45) is 2.05. The van der Waals surface area contributed by atoms with E-state index in [-0.39, 0.29) is 5.82 Å². The van der Waals surface area contributed by atoms with Crippen LogP contribution in [-0.2, 0) is 7.05 Å². The van der Waals surface area contributed by atoms with Crippen molar-refractivity contribution in [1.82, 2.24) is 0 Å². The zero-order valence-electron chi connectivity index (χ0n) is 14.3. The van der Waals surface area contributed by atoms with Crippen LogP contribution < -0.4 is 4.57 Å². The highest BCUT2D eigenvalue weighted by molar-refractivity contribution is 6.11. The van der Waals surface area contributed by atoms with Gasteiger partial charge in [-0.3, -0.25) is 0 Å². The molecule has 2 aromatic heterocycles. The lowest BCUT2D eigenvalue weighted by Gasteiger charge is -2.06. The molecule has 2 nitrogen and oxygen atoms in total. The molecule has 120 valence electrons. The summed E-state index contributed by atoms with van der Waals surface area (Å²) in [4.78, 5) is 0. The molecule has 0 aliphatic rings. The number of aromatic nitrogens is 1. The van der Waals surface area contributed by atoms with Crippen molar-refractivity contribution in [3.63, 3.8) is 0 Å². The van der Waals surface area contributed by atoms with Gasteiger partial charge in [0, 0.05) is 29.0 Å². The van der Waals surface area contributed by atoms with Crippen molar-refractivity contribution in [2.45, 2.75) is 20.8 Å². The van der Waals surface area contributed by atoms with Gasteiger partial charge < -0.3 is 4.42 Å². The summed E-state index contributed by atoms with van der Waals surface area (Å²) in [6, 6.07) is 11.4. The first-order valence-corrected chi connectivity index (χ1v) is 8.04. The predicted molar refractivity (Wildman–Crippen MR) is 94.5 cm³/mol. The van der Waals surface area contributed by atoms with E-state index in [4.69, 9.17) is 4.42 Å². The Balaban J connectivity index is 2.18. The van der Waals surface area contributed by atoms with E-state index in [1.54, 1.807) is 6.07 Å². The Hall–Kier alpha value is -2.68. The molecule has 0 amide bonds. The molecule has 24 heavy (non-hydrogen) atoms. The van der Waals surface area contributed by atoms with Crippen LogP contribution in [-0.4, -0.2) is 0 Å². The van der Waals surface area contributed by atoms with E-state index in [2.05, 4.69) is 48.9 Å². The minimum atomic E-state index is -0.265. The number of fused-ring (bicyclic) bond motifs is 3. The van der Waals surface area contributed by atoms with Crippen molar-refractivity contribution in [3.05, 3.63) is 65.1 Å². The fraction of sp³-hybridized carbons (Fsp3) is 0.190. The van der Waals surface area contributed by atoms with E-state index in [0.29, 0.717) is 5.58 Å². The summed E-state index contributed by atoms with van der Waals surface area (Å²) in [5.74, 6) is -0.265. The Kier molecular flexibility index (Phi) is 3.20. The second-order valence-electron chi connectivity index (χ2n) is 6.53. The minimum Gasteiger partial charge on any atom is -0.455 e. The second kappa shape index (κ2) is 5.17. The number of pyridine rings is 1. The number of benzene rings is 2. The molecule has 0 unspecified atom stereocenters. The van der Waals surface area contributed by atoms with Crippen LogP contribution in [0.15, 0.2) is 47.0 Å². The van der Waals surface area contributed by atoms with Crippen LogP contribution >= 0.6 is 0 Å². The summed E-state index contributed by atoms with van der Waals surface area (Å²) in [7, 11) is 2.03. The SMILES string of the molecule is Cc1cc[n+](C)c(-c2c(C)ccc3c2oc2cc(F)cc(C)c23)c1. The van der Waals surface area contributed by atoms with E-state index < -0.39 is 0 Å². The molecule has 2 heterocycles. The maximum absolute atomic E-state index is 13.8. The minimum absolute atomic E-state index is 0.265. The Bertz CT molecular complexity index is 1110. The molecule has 4 aromatic rings. The van der Waals surface area contributed by atoms with Gasteiger partial charge in [0.1, 0.15) is 24.0 Å². The maximum atomic E-state index is 13.8. The van der Waals surface area contributed by atoms with Gasteiger partial charge >= 0.3 is 0 Å². The van der Waals surface area contributed by atoms with Gasteiger partial charge in [-0.1, -0.05) is 12.1 Å². The summed E-state index contributed by atoms with van der Waals surface area (Å²) in [5, 5.41) is 2.02. The van der Waals surface area contributed by atoms with Gasteiger partial charge in [0.15, 0.2) is 6.20 Å². The highest BCUT2D eigenvalue weighted by Gasteiger charge is 2.21. The van der Waals surface area contributed by atoms with E-state index >= 15 is 0 Å². The molecule has 0 bridgehead atoms. The molecule has 0 aliphatic heterocycles. The van der Waals surface area contributed by atoms with Crippen molar-refractivity contribution in [2.24, 2.45) is 7.05 Å². The summed E-state index contributed by atoms with van der Waals surface area (Å²) < 4.78 is 22.0. The number of hydrogen-bond donors (Lipinski definition) is 0. The molecular formula is C21H19FNO+. The smallest absolute Gasteiger partial charge is 0.216 e. The van der Waals surface area contributed by atoms with Crippen molar-refractivity contribution in [3.8, 4) is 11.3 Å². The lowest BCUT2D eigenvalue weighted by molar-refractivity contribution is -0.660. The summed E-state index contributed by atoms with van der Waals surface area (Å²) >= 11 is 0. The van der Waals surface area contributed by atoms with Gasteiger partial charge in [0.2, 0.25) is 5.69 Å². The van der Waals surface area contributed by atoms with Crippen LogP contribution in [0.4, 0.5) is 4.39 Å². The molecule has 3 heteroatoms. The third-order valence-corrected chi connectivity index (χ3v) is 4.67. The van der Waals surface area contributed by atoms with Crippen LogP contribution in [0.1, 0.15) is 16.7 Å². The predicted octanol–water partition coefficient (Wildman–Crippen LogP) is 5.14. The van der Waals surface area contributed by atoms with E-state index in [9.17, 15) is 4.39 Å². The average molecular weight is 320 g/mol. The highest BCUT2D eigenvalue weighted by atomic mass is 19.1. The molecule has 2 aromatic carbocycles. The number of nitrogens with zero attached hydrogens (tertiary/aromatic N) is 1. The molecule has 0 radical (unpaired) electrons. The number of aryl methyl sites for hydroxylation is 4. The van der Waals surface area contributed by atoms with Gasteiger partial charge in [-0.2, -0.15) is 0 Å². The van der Waals surface area contributed by atoms with Crippen LogP contribution in [0.25, 0.3) is 33.2 Å². The fourth-order valence-corrected chi connectivity index (χ4v) is 3.47. The second-order valence-corrected chi connectivity index (χ2v) is 6.53. The van der Waals surface area contributed by atoms with Gasteiger partial charge in [-0.05, 0) is 43.5 Å². The molecular weight excluding hydrogens is 301 g/mol. The summed E-state index contributed by atoms with van der Waals surface area (Å²) in [5.41, 5.74) is 6.81. The normalized spacial score (nSPS) is 11.5. The van der Waals surface area contributed by atoms with E-state index in [0.717, 1.165) is 38.7 Å². The number of furan rings is 1. The first-order chi connectivity index (χ1) is 11.5. The van der Waals surface area contributed by atoms with Gasteiger partial charge in [-0.25, -0.2) is 8.96 Å². The quantitative estimate of drug-likeness (QED) is 0.444. The van der Waals surface area contributed by atoms with Crippen LogP contribution in [0.2, 0.25) is 0 Å². The zero-order chi connectivity index (χ0) is 17.0. The molecule has 0 saturated heterocycles. The van der Waals surface area contributed by atoms with Gasteiger partial charge in [0.05, 0.1) is 5.56 Å². The third kappa shape index (κ3) is 2.12. The van der Waals surface area contributed by atoms with E-state index in [1.165, 1.54) is 11.6 Å². The van der Waals surface area contributed by atoms with E-state index in [1.807, 2.05) is 14.0 Å². The Morgan fingerprint density at radius 3 is 2.54 bits per heavy atom. The topological polar surface area (TPSA) is 17.0 Å². The standard InChI is InChI=1S/C21H19FNO/c1-12-7-8-23(4)17(9-12)20-13(2)5-6-16-19-14(3)10-15(22)11-18(19)24-21(16)20/h5-11H,1-4H3/q+1. The van der Waals surface area contributed by atoms with Gasteiger partial charge in [-0.15, -0.1) is 0 Å². The fourth-order valence-electron chi connectivity index (χ4n) is 3.47. The highest BCUT2D eigenvalue weighted by Crippen LogP contribution is 2.38. The molecule has 0 saturated carbocycles. The third-order valence-electron chi connectivity index (χ3n) is 4.67. The number of hydrogen-bond acceptors (Lipinski definition) is 1. The van der Waals surface area contributed by atoms with Gasteiger partial charge in [0.25, 0.3) is 0 Å². The average Bonchev–Trinajstić information content (AvgIpc) is 2.88. The largest absolute Gasteiger partial charge is 0.455 e. The van der Waals surface area contributed by atoms with Crippen molar-refractivity contribution in [2.75, 3.05) is 0 Å². The molecule has 0 fully saturated rings. The van der Waals surface area contributed by atoms with Crippen LogP contribution in [0.3, 0.4) is 0 Å². The van der Waals surface area contributed by atoms with Crippen molar-refractivity contribution >= 4 is 21.9 Å². The lowest BCUT2D eigenvalue weighted by atomic mass is 9.99. The van der Waals surface area contributed by atoms with Crippen LogP contribution in [0, 0.1) is 26.6 Å². The first-order valence-electron chi connectivity index (χ1n) is 8.04. The Morgan fingerprint density at radius 2 is 1.75 bits per heavy atom. The molecule has 0 atom stereocenters.